The molecule has 3 atom stereocenters. The van der Waals surface area contributed by atoms with Crippen LogP contribution in [0.2, 0.25) is 5.04 Å². The molecule has 2 heterocycles. The Balaban J connectivity index is 1.81. The number of terminal acetylenes is 1. The highest BCUT2D eigenvalue weighted by molar-refractivity contribution is 6.99. The number of aromatic amines is 1. The molecule has 0 aliphatic carbocycles. The van der Waals surface area contributed by atoms with Crippen LogP contribution < -0.4 is 21.6 Å². The highest BCUT2D eigenvalue weighted by Gasteiger charge is 2.67. The van der Waals surface area contributed by atoms with Gasteiger partial charge in [-0.1, -0.05) is 87.4 Å². The number of rotatable bonds is 6. The summed E-state index contributed by atoms with van der Waals surface area (Å²) in [5.74, 6) is -1.77. The standard InChI is InChI=1S/C27H28F2N2O5Si/c1-5-26(22(33)27(28,29)23(36-26)31-17-16-21(32)30-24(31)34)18-35-37(25(2,3)4,19-12-8-6-9-13-19)20-14-10-7-11-15-20/h1,6-17,22-23,33H,18H2,2-4H3,(H,30,32,34)/t22-,23-,26-/m1/s1. The van der Waals surface area contributed by atoms with Gasteiger partial charge in [-0.05, 0) is 15.4 Å². The third-order valence-corrected chi connectivity index (χ3v) is 11.7. The summed E-state index contributed by atoms with van der Waals surface area (Å²) in [6.45, 7) is 5.45. The van der Waals surface area contributed by atoms with Crippen molar-refractivity contribution in [3.8, 4) is 12.3 Å². The molecule has 0 spiro atoms. The number of aliphatic hydroxyl groups excluding tert-OH is 1. The Morgan fingerprint density at radius 3 is 2.08 bits per heavy atom. The molecule has 3 aromatic rings. The smallest absolute Gasteiger partial charge is 0.330 e. The Morgan fingerprint density at radius 1 is 1.08 bits per heavy atom. The lowest BCUT2D eigenvalue weighted by Crippen LogP contribution is -2.68. The highest BCUT2D eigenvalue weighted by Crippen LogP contribution is 2.48. The van der Waals surface area contributed by atoms with Crippen molar-refractivity contribution >= 4 is 18.7 Å². The maximum atomic E-state index is 15.4. The maximum Gasteiger partial charge on any atom is 0.330 e. The molecule has 0 radical (unpaired) electrons. The van der Waals surface area contributed by atoms with Crippen molar-refractivity contribution in [3.05, 3.63) is 93.8 Å². The van der Waals surface area contributed by atoms with E-state index in [2.05, 4.69) is 5.92 Å². The van der Waals surface area contributed by atoms with Crippen molar-refractivity contribution in [1.82, 2.24) is 9.55 Å². The van der Waals surface area contributed by atoms with E-state index in [9.17, 15) is 14.7 Å². The number of H-pyrrole nitrogens is 1. The molecule has 10 heteroatoms. The van der Waals surface area contributed by atoms with Gasteiger partial charge in [0.25, 0.3) is 13.9 Å². The van der Waals surface area contributed by atoms with Crippen molar-refractivity contribution in [2.24, 2.45) is 0 Å². The molecule has 1 aliphatic heterocycles. The summed E-state index contributed by atoms with van der Waals surface area (Å²) in [6.07, 6.45) is 1.85. The number of halogens is 2. The van der Waals surface area contributed by atoms with Gasteiger partial charge in [0.2, 0.25) is 6.23 Å². The number of aliphatic hydroxyl groups is 1. The van der Waals surface area contributed by atoms with Crippen molar-refractivity contribution in [1.29, 1.82) is 0 Å². The predicted octanol–water partition coefficient (Wildman–Crippen LogP) is 2.01. The van der Waals surface area contributed by atoms with Crippen LogP contribution in [0.25, 0.3) is 0 Å². The average molecular weight is 527 g/mol. The van der Waals surface area contributed by atoms with Gasteiger partial charge in [-0.2, -0.15) is 8.78 Å². The minimum Gasteiger partial charge on any atom is -0.403 e. The van der Waals surface area contributed by atoms with E-state index in [0.717, 1.165) is 22.6 Å². The number of hydrogen-bond donors (Lipinski definition) is 2. The van der Waals surface area contributed by atoms with Crippen LogP contribution in [-0.2, 0) is 9.16 Å². The van der Waals surface area contributed by atoms with Gasteiger partial charge in [0.15, 0.2) is 11.7 Å². The van der Waals surface area contributed by atoms with Crippen LogP contribution in [0.5, 0.6) is 0 Å². The molecule has 0 unspecified atom stereocenters. The molecule has 1 saturated heterocycles. The Bertz CT molecular complexity index is 1370. The molecule has 2 aromatic carbocycles. The van der Waals surface area contributed by atoms with E-state index in [1.54, 1.807) is 0 Å². The van der Waals surface area contributed by atoms with E-state index in [4.69, 9.17) is 15.6 Å². The second-order valence-corrected chi connectivity index (χ2v) is 14.4. The Labute approximate surface area is 213 Å². The predicted molar refractivity (Wildman–Crippen MR) is 138 cm³/mol. The summed E-state index contributed by atoms with van der Waals surface area (Å²) in [4.78, 5) is 25.6. The first kappa shape index (κ1) is 26.7. The van der Waals surface area contributed by atoms with Crippen LogP contribution in [0.1, 0.15) is 27.0 Å². The second kappa shape index (κ2) is 9.50. The largest absolute Gasteiger partial charge is 0.403 e. The van der Waals surface area contributed by atoms with E-state index in [-0.39, 0.29) is 0 Å². The second-order valence-electron chi connectivity index (χ2n) is 10.1. The van der Waals surface area contributed by atoms with Crippen LogP contribution in [0, 0.1) is 12.3 Å². The van der Waals surface area contributed by atoms with Gasteiger partial charge >= 0.3 is 11.6 Å². The minimum atomic E-state index is -3.97. The topological polar surface area (TPSA) is 93.5 Å². The molecular formula is C27H28F2N2O5Si. The van der Waals surface area contributed by atoms with Gasteiger partial charge in [0, 0.05) is 12.3 Å². The molecule has 0 bridgehead atoms. The molecule has 2 N–H and O–H groups in total. The summed E-state index contributed by atoms with van der Waals surface area (Å²) in [5.41, 5.74) is -4.16. The van der Waals surface area contributed by atoms with Crippen molar-refractivity contribution in [2.75, 3.05) is 6.61 Å². The molecule has 4 rings (SSSR count). The van der Waals surface area contributed by atoms with Gasteiger partial charge < -0.3 is 14.3 Å². The van der Waals surface area contributed by atoms with E-state index in [1.807, 2.05) is 86.4 Å². The summed E-state index contributed by atoms with van der Waals surface area (Å²) in [6, 6.07) is 19.9. The lowest BCUT2D eigenvalue weighted by atomic mass is 9.96. The molecule has 0 saturated carbocycles. The third kappa shape index (κ3) is 4.38. The van der Waals surface area contributed by atoms with Crippen molar-refractivity contribution in [3.63, 3.8) is 0 Å². The third-order valence-electron chi connectivity index (χ3n) is 6.73. The van der Waals surface area contributed by atoms with Crippen LogP contribution >= 0.6 is 0 Å². The molecule has 194 valence electrons. The number of aromatic nitrogens is 2. The number of alkyl halides is 2. The number of nitrogens with one attached hydrogen (secondary N) is 1. The summed E-state index contributed by atoms with van der Waals surface area (Å²) in [7, 11) is -3.22. The Kier molecular flexibility index (Phi) is 6.85. The highest BCUT2D eigenvalue weighted by atomic mass is 28.4. The van der Waals surface area contributed by atoms with Crippen LogP contribution in [0.3, 0.4) is 0 Å². The van der Waals surface area contributed by atoms with Crippen LogP contribution in [-0.4, -0.2) is 47.2 Å². The normalized spacial score (nSPS) is 23.5. The molecular weight excluding hydrogens is 498 g/mol. The van der Waals surface area contributed by atoms with E-state index >= 15 is 8.78 Å². The monoisotopic (exact) mass is 526 g/mol. The fourth-order valence-electron chi connectivity index (χ4n) is 4.89. The molecule has 7 nitrogen and oxygen atoms in total. The van der Waals surface area contributed by atoms with Gasteiger partial charge in [0.1, 0.15) is 0 Å². The maximum absolute atomic E-state index is 15.4. The number of nitrogens with zero attached hydrogens (tertiary/aromatic N) is 1. The zero-order chi connectivity index (χ0) is 27.1. The van der Waals surface area contributed by atoms with Gasteiger partial charge in [-0.15, -0.1) is 6.42 Å². The zero-order valence-corrected chi connectivity index (χ0v) is 21.7. The quantitative estimate of drug-likeness (QED) is 0.379. The van der Waals surface area contributed by atoms with Gasteiger partial charge in [0.05, 0.1) is 6.61 Å². The first-order valence-corrected chi connectivity index (χ1v) is 13.6. The van der Waals surface area contributed by atoms with Gasteiger partial charge in [-0.25, -0.2) is 4.79 Å². The molecule has 1 fully saturated rings. The van der Waals surface area contributed by atoms with Crippen LogP contribution in [0.4, 0.5) is 8.78 Å². The minimum absolute atomic E-state index is 0.493. The number of ether oxygens (including phenoxy) is 1. The first-order chi connectivity index (χ1) is 17.4. The first-order valence-electron chi connectivity index (χ1n) is 11.7. The summed E-state index contributed by atoms with van der Waals surface area (Å²) in [5, 5.41) is 12.1. The Hall–Kier alpha value is -3.36. The molecule has 1 aromatic heterocycles. The van der Waals surface area contributed by atoms with Crippen LogP contribution in [0.15, 0.2) is 82.5 Å². The van der Waals surface area contributed by atoms with Gasteiger partial charge in [-0.3, -0.25) is 14.3 Å². The Morgan fingerprint density at radius 2 is 1.62 bits per heavy atom. The number of benzene rings is 2. The van der Waals surface area contributed by atoms with E-state index in [0.29, 0.717) is 4.57 Å². The summed E-state index contributed by atoms with van der Waals surface area (Å²) >= 11 is 0. The number of hydrogen-bond acceptors (Lipinski definition) is 5. The van der Waals surface area contributed by atoms with Crippen molar-refractivity contribution in [2.45, 2.75) is 49.7 Å². The van der Waals surface area contributed by atoms with E-state index < -0.39 is 55.1 Å². The van der Waals surface area contributed by atoms with E-state index in [1.165, 1.54) is 0 Å². The molecule has 0 amide bonds. The fraction of sp³-hybridized carbons (Fsp3) is 0.333. The zero-order valence-electron chi connectivity index (χ0n) is 20.7. The fourth-order valence-corrected chi connectivity index (χ4v) is 9.47. The SMILES string of the molecule is C#C[C@]1(CO[Si](c2ccccc2)(c2ccccc2)C(C)(C)C)O[C@@H](n2ccc(=O)[nH]c2=O)C(F)(F)[C@@H]1O. The average Bonchev–Trinajstić information content (AvgIpc) is 3.06. The lowest BCUT2D eigenvalue weighted by Gasteiger charge is -2.44. The lowest BCUT2D eigenvalue weighted by molar-refractivity contribution is -0.141. The molecule has 37 heavy (non-hydrogen) atoms. The summed E-state index contributed by atoms with van der Waals surface area (Å²) < 4.78 is 43.6. The van der Waals surface area contributed by atoms with Crippen molar-refractivity contribution < 1.29 is 23.1 Å². The molecule has 1 aliphatic rings.